The minimum Gasteiger partial charge on any atom is -0.468 e. The summed E-state index contributed by atoms with van der Waals surface area (Å²) in [6.07, 6.45) is 1.60. The Hall–Kier alpha value is -3.00. The summed E-state index contributed by atoms with van der Waals surface area (Å²) in [5.74, 6) is 0.443. The SMILES string of the molecule is CN(C)C(CNC(=O)Cn1nnc2ccccc2c1=O)c1ccco1. The Balaban J connectivity index is 1.68. The molecule has 0 aliphatic heterocycles. The van der Waals surface area contributed by atoms with Gasteiger partial charge in [0, 0.05) is 6.54 Å². The van der Waals surface area contributed by atoms with E-state index in [1.54, 1.807) is 36.6 Å². The number of fused-ring (bicyclic) bond motifs is 1. The number of carbonyl (C=O) groups is 1. The van der Waals surface area contributed by atoms with Crippen molar-refractivity contribution in [1.82, 2.24) is 25.2 Å². The van der Waals surface area contributed by atoms with Gasteiger partial charge in [-0.3, -0.25) is 14.5 Å². The van der Waals surface area contributed by atoms with Gasteiger partial charge in [0.1, 0.15) is 17.8 Å². The molecule has 3 aromatic rings. The molecule has 1 aromatic carbocycles. The number of aromatic nitrogens is 3. The molecule has 0 bridgehead atoms. The molecule has 0 spiro atoms. The maximum atomic E-state index is 12.4. The van der Waals surface area contributed by atoms with Crippen molar-refractivity contribution < 1.29 is 9.21 Å². The molecule has 2 heterocycles. The summed E-state index contributed by atoms with van der Waals surface area (Å²) >= 11 is 0. The quantitative estimate of drug-likeness (QED) is 0.713. The average molecular weight is 341 g/mol. The van der Waals surface area contributed by atoms with Gasteiger partial charge in [0.2, 0.25) is 5.91 Å². The predicted octanol–water partition coefficient (Wildman–Crippen LogP) is 0.804. The highest BCUT2D eigenvalue weighted by Crippen LogP contribution is 2.17. The van der Waals surface area contributed by atoms with Crippen molar-refractivity contribution in [3.05, 3.63) is 58.8 Å². The van der Waals surface area contributed by atoms with Crippen LogP contribution in [0.15, 0.2) is 51.9 Å². The van der Waals surface area contributed by atoms with E-state index in [0.29, 0.717) is 17.4 Å². The third-order valence-corrected chi connectivity index (χ3v) is 3.91. The van der Waals surface area contributed by atoms with Gasteiger partial charge in [-0.2, -0.15) is 0 Å². The van der Waals surface area contributed by atoms with Crippen LogP contribution in [-0.2, 0) is 11.3 Å². The zero-order chi connectivity index (χ0) is 17.8. The van der Waals surface area contributed by atoms with Gasteiger partial charge in [-0.05, 0) is 38.4 Å². The van der Waals surface area contributed by atoms with E-state index in [-0.39, 0.29) is 24.1 Å². The van der Waals surface area contributed by atoms with Gasteiger partial charge < -0.3 is 9.73 Å². The number of carbonyl (C=O) groups excluding carboxylic acids is 1. The van der Waals surface area contributed by atoms with Gasteiger partial charge in [-0.1, -0.05) is 17.3 Å². The Bertz CT molecular complexity index is 917. The first kappa shape index (κ1) is 16.8. The lowest BCUT2D eigenvalue weighted by molar-refractivity contribution is -0.122. The summed E-state index contributed by atoms with van der Waals surface area (Å²) < 4.78 is 6.47. The van der Waals surface area contributed by atoms with Gasteiger partial charge >= 0.3 is 0 Å². The molecule has 8 nitrogen and oxygen atoms in total. The third kappa shape index (κ3) is 3.74. The average Bonchev–Trinajstić information content (AvgIpc) is 3.12. The summed E-state index contributed by atoms with van der Waals surface area (Å²) in [6, 6.07) is 10.5. The highest BCUT2D eigenvalue weighted by molar-refractivity contribution is 5.78. The van der Waals surface area contributed by atoms with Crippen LogP contribution in [0.1, 0.15) is 11.8 Å². The molecular weight excluding hydrogens is 322 g/mol. The lowest BCUT2D eigenvalue weighted by Crippen LogP contribution is -2.38. The summed E-state index contributed by atoms with van der Waals surface area (Å²) in [5, 5.41) is 11.0. The van der Waals surface area contributed by atoms with Crippen molar-refractivity contribution >= 4 is 16.8 Å². The van der Waals surface area contributed by atoms with Crippen molar-refractivity contribution in [1.29, 1.82) is 0 Å². The molecule has 25 heavy (non-hydrogen) atoms. The number of benzene rings is 1. The first-order valence-electron chi connectivity index (χ1n) is 7.85. The van der Waals surface area contributed by atoms with Crippen LogP contribution < -0.4 is 10.9 Å². The third-order valence-electron chi connectivity index (χ3n) is 3.91. The minimum atomic E-state index is -0.337. The molecule has 130 valence electrons. The number of amides is 1. The Kier molecular flexibility index (Phi) is 4.90. The van der Waals surface area contributed by atoms with Crippen molar-refractivity contribution in [2.45, 2.75) is 12.6 Å². The second kappa shape index (κ2) is 7.27. The van der Waals surface area contributed by atoms with E-state index in [9.17, 15) is 9.59 Å². The fraction of sp³-hybridized carbons (Fsp3) is 0.294. The largest absolute Gasteiger partial charge is 0.468 e. The Morgan fingerprint density at radius 3 is 2.80 bits per heavy atom. The van der Waals surface area contributed by atoms with E-state index >= 15 is 0 Å². The van der Waals surface area contributed by atoms with Crippen LogP contribution >= 0.6 is 0 Å². The number of nitrogens with zero attached hydrogens (tertiary/aromatic N) is 4. The summed E-state index contributed by atoms with van der Waals surface area (Å²) in [5.41, 5.74) is 0.172. The van der Waals surface area contributed by atoms with Crippen molar-refractivity contribution in [2.75, 3.05) is 20.6 Å². The van der Waals surface area contributed by atoms with Gasteiger partial charge in [0.05, 0.1) is 17.7 Å². The first-order chi connectivity index (χ1) is 12.1. The molecular formula is C17H19N5O3. The van der Waals surface area contributed by atoms with Crippen LogP contribution in [0.4, 0.5) is 0 Å². The van der Waals surface area contributed by atoms with E-state index in [1.165, 1.54) is 0 Å². The molecule has 1 atom stereocenters. The molecule has 0 radical (unpaired) electrons. The van der Waals surface area contributed by atoms with Crippen LogP contribution in [0.3, 0.4) is 0 Å². The molecule has 0 saturated carbocycles. The number of rotatable bonds is 6. The monoisotopic (exact) mass is 341 g/mol. The van der Waals surface area contributed by atoms with E-state index in [1.807, 2.05) is 25.1 Å². The number of furan rings is 1. The van der Waals surface area contributed by atoms with Crippen LogP contribution in [0.25, 0.3) is 10.9 Å². The molecule has 1 amide bonds. The molecule has 0 saturated heterocycles. The van der Waals surface area contributed by atoms with Gasteiger partial charge in [0.15, 0.2) is 0 Å². The van der Waals surface area contributed by atoms with Crippen LogP contribution in [0, 0.1) is 0 Å². The summed E-state index contributed by atoms with van der Waals surface area (Å²) in [6.45, 7) is 0.171. The van der Waals surface area contributed by atoms with E-state index in [0.717, 1.165) is 10.4 Å². The topological polar surface area (TPSA) is 93.3 Å². The minimum absolute atomic E-state index is 0.0987. The lowest BCUT2D eigenvalue weighted by Gasteiger charge is -2.22. The number of nitrogens with one attached hydrogen (secondary N) is 1. The molecule has 1 unspecified atom stereocenters. The van der Waals surface area contributed by atoms with Crippen molar-refractivity contribution in [2.24, 2.45) is 0 Å². The van der Waals surface area contributed by atoms with Crippen molar-refractivity contribution in [3.8, 4) is 0 Å². The van der Waals surface area contributed by atoms with E-state index in [4.69, 9.17) is 4.42 Å². The Morgan fingerprint density at radius 2 is 2.08 bits per heavy atom. The molecule has 3 rings (SSSR count). The van der Waals surface area contributed by atoms with Crippen molar-refractivity contribution in [3.63, 3.8) is 0 Å². The second-order valence-electron chi connectivity index (χ2n) is 5.87. The Labute approximate surface area is 144 Å². The normalized spacial score (nSPS) is 12.4. The Morgan fingerprint density at radius 1 is 1.28 bits per heavy atom. The van der Waals surface area contributed by atoms with Crippen LogP contribution in [-0.4, -0.2) is 46.4 Å². The molecule has 2 aromatic heterocycles. The standard InChI is InChI=1S/C17H19N5O3/c1-21(2)14(15-8-5-9-25-15)10-18-16(23)11-22-17(24)12-6-3-4-7-13(12)19-20-22/h3-9,14H,10-11H2,1-2H3,(H,18,23). The smallest absolute Gasteiger partial charge is 0.278 e. The van der Waals surface area contributed by atoms with E-state index in [2.05, 4.69) is 15.6 Å². The zero-order valence-electron chi connectivity index (χ0n) is 14.0. The van der Waals surface area contributed by atoms with Gasteiger partial charge in [0.25, 0.3) is 5.56 Å². The number of hydrogen-bond donors (Lipinski definition) is 1. The summed E-state index contributed by atoms with van der Waals surface area (Å²) in [4.78, 5) is 26.5. The molecule has 0 aliphatic rings. The highest BCUT2D eigenvalue weighted by atomic mass is 16.3. The van der Waals surface area contributed by atoms with Crippen LogP contribution in [0.2, 0.25) is 0 Å². The van der Waals surface area contributed by atoms with Gasteiger partial charge in [-0.25, -0.2) is 4.68 Å². The zero-order valence-corrected chi connectivity index (χ0v) is 14.0. The molecule has 0 aliphatic carbocycles. The highest BCUT2D eigenvalue weighted by Gasteiger charge is 2.18. The van der Waals surface area contributed by atoms with Gasteiger partial charge in [-0.15, -0.1) is 5.10 Å². The molecule has 8 heteroatoms. The fourth-order valence-corrected chi connectivity index (χ4v) is 2.55. The summed E-state index contributed by atoms with van der Waals surface area (Å²) in [7, 11) is 3.80. The maximum absolute atomic E-state index is 12.4. The number of likely N-dealkylation sites (N-methyl/N-ethyl adjacent to an activating group) is 1. The lowest BCUT2D eigenvalue weighted by atomic mass is 10.2. The molecule has 0 fully saturated rings. The maximum Gasteiger partial charge on any atom is 0.278 e. The fourth-order valence-electron chi connectivity index (χ4n) is 2.55. The first-order valence-corrected chi connectivity index (χ1v) is 7.85. The second-order valence-corrected chi connectivity index (χ2v) is 5.87. The predicted molar refractivity (Wildman–Crippen MR) is 91.9 cm³/mol. The van der Waals surface area contributed by atoms with Crippen LogP contribution in [0.5, 0.6) is 0 Å². The molecule has 1 N–H and O–H groups in total. The number of hydrogen-bond acceptors (Lipinski definition) is 6. The van der Waals surface area contributed by atoms with E-state index < -0.39 is 0 Å².